The average Bonchev–Trinajstić information content (AvgIpc) is 3.43. The zero-order valence-corrected chi connectivity index (χ0v) is 19.9. The van der Waals surface area contributed by atoms with E-state index in [1.165, 1.54) is 12.1 Å². The third-order valence-electron chi connectivity index (χ3n) is 5.69. The predicted molar refractivity (Wildman–Crippen MR) is 137 cm³/mol. The highest BCUT2D eigenvalue weighted by Crippen LogP contribution is 2.42. The summed E-state index contributed by atoms with van der Waals surface area (Å²) in [6.07, 6.45) is 5.95. The lowest BCUT2D eigenvalue weighted by Crippen LogP contribution is -2.29. The first-order valence-corrected chi connectivity index (χ1v) is 11.9. The van der Waals surface area contributed by atoms with Gasteiger partial charge in [0.2, 0.25) is 0 Å². The minimum absolute atomic E-state index is 0.0447. The molecule has 2 aromatic carbocycles. The molecule has 1 saturated heterocycles. The Morgan fingerprint density at radius 3 is 2.32 bits per heavy atom. The van der Waals surface area contributed by atoms with Crippen LogP contribution in [0.2, 0.25) is 0 Å². The number of rotatable bonds is 6. The third-order valence-corrected chi connectivity index (χ3v) is 7.02. The average molecular weight is 488 g/mol. The zero-order valence-electron chi connectivity index (χ0n) is 18.2. The summed E-state index contributed by atoms with van der Waals surface area (Å²) in [6, 6.07) is 22.7. The van der Waals surface area contributed by atoms with Gasteiger partial charge in [-0.05, 0) is 72.4 Å². The second-order valence-electron chi connectivity index (χ2n) is 7.95. The smallest absolute Gasteiger partial charge is 0.269 e. The normalized spacial score (nSPS) is 17.6. The molecule has 0 unspecified atom stereocenters. The quantitative estimate of drug-likeness (QED) is 0.214. The minimum Gasteiger partial charge on any atom is -0.357 e. The standard InChI is InChI=1S/C25H21N5O2S2/c1-28-15-13-17(16-28)24-23(22-4-2-3-14-26-22)27-25(33)29(24)18-5-9-20(10-6-18)34-21-11-7-19(8-12-21)30(31)32/h2-16,23-24H,1H3,(H,27,33)/t23-,24+/m1/s1. The van der Waals surface area contributed by atoms with Crippen molar-refractivity contribution in [1.29, 1.82) is 0 Å². The van der Waals surface area contributed by atoms with Crippen LogP contribution in [0.25, 0.3) is 0 Å². The molecule has 3 heterocycles. The topological polar surface area (TPSA) is 76.2 Å². The van der Waals surface area contributed by atoms with E-state index < -0.39 is 4.92 Å². The van der Waals surface area contributed by atoms with Gasteiger partial charge in [0.1, 0.15) is 0 Å². The van der Waals surface area contributed by atoms with E-state index in [4.69, 9.17) is 12.2 Å². The van der Waals surface area contributed by atoms with E-state index in [0.717, 1.165) is 26.7 Å². The Hall–Kier alpha value is -3.69. The maximum absolute atomic E-state index is 10.9. The van der Waals surface area contributed by atoms with Gasteiger partial charge in [0.05, 0.1) is 22.7 Å². The van der Waals surface area contributed by atoms with Gasteiger partial charge in [-0.1, -0.05) is 17.8 Å². The Morgan fingerprint density at radius 2 is 1.74 bits per heavy atom. The molecule has 0 amide bonds. The van der Waals surface area contributed by atoms with E-state index in [1.54, 1.807) is 30.1 Å². The van der Waals surface area contributed by atoms with Crippen molar-refractivity contribution >= 4 is 40.5 Å². The van der Waals surface area contributed by atoms with E-state index in [9.17, 15) is 10.1 Å². The van der Waals surface area contributed by atoms with E-state index in [1.807, 2.05) is 48.1 Å². The molecule has 1 N–H and O–H groups in total. The highest BCUT2D eigenvalue weighted by atomic mass is 32.2. The van der Waals surface area contributed by atoms with Crippen molar-refractivity contribution in [2.75, 3.05) is 4.90 Å². The molecule has 1 aliphatic rings. The number of benzene rings is 2. The molecule has 7 nitrogen and oxygen atoms in total. The van der Waals surface area contributed by atoms with Crippen molar-refractivity contribution in [3.8, 4) is 0 Å². The molecule has 4 aromatic rings. The SMILES string of the molecule is Cn1ccc([C@H]2[C@@H](c3ccccn3)NC(=S)N2c2ccc(Sc3ccc([N+](=O)[O-])cc3)cc2)c1. The molecule has 2 aromatic heterocycles. The number of nitrogens with one attached hydrogen (secondary N) is 1. The number of anilines is 1. The summed E-state index contributed by atoms with van der Waals surface area (Å²) in [7, 11) is 2.01. The van der Waals surface area contributed by atoms with Crippen LogP contribution in [0.3, 0.4) is 0 Å². The number of non-ortho nitro benzene ring substituents is 1. The summed E-state index contributed by atoms with van der Waals surface area (Å²) in [5.74, 6) is 0. The fraction of sp³-hybridized carbons (Fsp3) is 0.120. The highest BCUT2D eigenvalue weighted by Gasteiger charge is 2.40. The van der Waals surface area contributed by atoms with E-state index >= 15 is 0 Å². The number of aromatic nitrogens is 2. The summed E-state index contributed by atoms with van der Waals surface area (Å²) in [4.78, 5) is 19.2. The fourth-order valence-electron chi connectivity index (χ4n) is 4.12. The molecule has 0 saturated carbocycles. The van der Waals surface area contributed by atoms with Crippen molar-refractivity contribution in [2.24, 2.45) is 7.05 Å². The van der Waals surface area contributed by atoms with Gasteiger partial charge < -0.3 is 14.8 Å². The lowest BCUT2D eigenvalue weighted by molar-refractivity contribution is -0.384. The molecule has 2 atom stereocenters. The minimum atomic E-state index is -0.391. The summed E-state index contributed by atoms with van der Waals surface area (Å²) in [6.45, 7) is 0. The second-order valence-corrected chi connectivity index (χ2v) is 9.49. The van der Waals surface area contributed by atoms with Crippen molar-refractivity contribution < 1.29 is 4.92 Å². The first kappa shape index (κ1) is 22.1. The number of nitro groups is 1. The van der Waals surface area contributed by atoms with Gasteiger partial charge >= 0.3 is 0 Å². The van der Waals surface area contributed by atoms with Crippen LogP contribution in [0.1, 0.15) is 23.3 Å². The molecular weight excluding hydrogens is 466 g/mol. The summed E-state index contributed by atoms with van der Waals surface area (Å²) in [5, 5.41) is 15.0. The Morgan fingerprint density at radius 1 is 1.03 bits per heavy atom. The number of nitro benzene ring substituents is 1. The molecule has 34 heavy (non-hydrogen) atoms. The van der Waals surface area contributed by atoms with Gasteiger partial charge in [0, 0.05) is 53.2 Å². The maximum atomic E-state index is 10.9. The molecular formula is C25H21N5O2S2. The van der Waals surface area contributed by atoms with Crippen LogP contribution in [-0.4, -0.2) is 19.6 Å². The van der Waals surface area contributed by atoms with Crippen LogP contribution >= 0.6 is 24.0 Å². The van der Waals surface area contributed by atoms with Gasteiger partial charge in [-0.3, -0.25) is 15.1 Å². The lowest BCUT2D eigenvalue weighted by Gasteiger charge is -2.27. The monoisotopic (exact) mass is 487 g/mol. The van der Waals surface area contributed by atoms with Gasteiger partial charge in [-0.15, -0.1) is 0 Å². The van der Waals surface area contributed by atoms with Crippen LogP contribution in [0.4, 0.5) is 11.4 Å². The predicted octanol–water partition coefficient (Wildman–Crippen LogP) is 5.66. The molecule has 0 aliphatic carbocycles. The maximum Gasteiger partial charge on any atom is 0.269 e. The number of aryl methyl sites for hydroxylation is 1. The van der Waals surface area contributed by atoms with Crippen LogP contribution in [0.5, 0.6) is 0 Å². The molecule has 0 bridgehead atoms. The number of thiocarbonyl (C=S) groups is 1. The van der Waals surface area contributed by atoms with Gasteiger partial charge in [0.25, 0.3) is 5.69 Å². The molecule has 0 radical (unpaired) electrons. The highest BCUT2D eigenvalue weighted by molar-refractivity contribution is 7.99. The number of pyridine rings is 1. The Bertz CT molecular complexity index is 1320. The Labute approximate surface area is 206 Å². The van der Waals surface area contributed by atoms with Crippen LogP contribution in [-0.2, 0) is 7.05 Å². The van der Waals surface area contributed by atoms with Gasteiger partial charge in [0.15, 0.2) is 5.11 Å². The van der Waals surface area contributed by atoms with Crippen LogP contribution < -0.4 is 10.2 Å². The Balaban J connectivity index is 1.43. The molecule has 0 spiro atoms. The molecule has 9 heteroatoms. The first-order valence-electron chi connectivity index (χ1n) is 10.6. The largest absolute Gasteiger partial charge is 0.357 e. The van der Waals surface area contributed by atoms with Gasteiger partial charge in [-0.2, -0.15) is 0 Å². The van der Waals surface area contributed by atoms with Gasteiger partial charge in [-0.25, -0.2) is 0 Å². The van der Waals surface area contributed by atoms with Crippen molar-refractivity contribution in [3.05, 3.63) is 113 Å². The lowest BCUT2D eigenvalue weighted by atomic mass is 9.98. The summed E-state index contributed by atoms with van der Waals surface area (Å²) >= 11 is 7.33. The number of nitrogens with zero attached hydrogens (tertiary/aromatic N) is 4. The molecule has 170 valence electrons. The molecule has 1 fully saturated rings. The van der Waals surface area contributed by atoms with E-state index in [2.05, 4.69) is 39.6 Å². The fourth-order valence-corrected chi connectivity index (χ4v) is 5.28. The third kappa shape index (κ3) is 4.40. The van der Waals surface area contributed by atoms with Crippen LogP contribution in [0.15, 0.2) is 101 Å². The Kier molecular flexibility index (Phi) is 6.04. The van der Waals surface area contributed by atoms with E-state index in [0.29, 0.717) is 5.11 Å². The van der Waals surface area contributed by atoms with Crippen molar-refractivity contribution in [3.63, 3.8) is 0 Å². The molecule has 1 aliphatic heterocycles. The van der Waals surface area contributed by atoms with E-state index in [-0.39, 0.29) is 17.8 Å². The first-order chi connectivity index (χ1) is 16.5. The number of hydrogen-bond donors (Lipinski definition) is 1. The summed E-state index contributed by atoms with van der Waals surface area (Å²) in [5.41, 5.74) is 3.16. The van der Waals surface area contributed by atoms with Crippen molar-refractivity contribution in [2.45, 2.75) is 21.9 Å². The van der Waals surface area contributed by atoms with Crippen molar-refractivity contribution in [1.82, 2.24) is 14.9 Å². The summed E-state index contributed by atoms with van der Waals surface area (Å²) < 4.78 is 2.04. The second kappa shape index (κ2) is 9.28. The zero-order chi connectivity index (χ0) is 23.7. The molecule has 5 rings (SSSR count). The number of hydrogen-bond acceptors (Lipinski definition) is 5. The van der Waals surface area contributed by atoms with Crippen LogP contribution in [0, 0.1) is 10.1 Å².